The van der Waals surface area contributed by atoms with Gasteiger partial charge in [0.05, 0.1) is 11.8 Å². The third-order valence-electron chi connectivity index (χ3n) is 3.06. The Morgan fingerprint density at radius 3 is 2.81 bits per heavy atom. The van der Waals surface area contributed by atoms with E-state index in [-0.39, 0.29) is 5.91 Å². The smallest absolute Gasteiger partial charge is 0.271 e. The van der Waals surface area contributed by atoms with Crippen LogP contribution in [0.1, 0.15) is 15.9 Å². The maximum atomic E-state index is 11.8. The molecule has 1 aromatic carbocycles. The maximum absolute atomic E-state index is 11.8. The van der Waals surface area contributed by atoms with E-state index in [0.29, 0.717) is 10.3 Å². The first-order chi connectivity index (χ1) is 10.2. The van der Waals surface area contributed by atoms with Crippen molar-refractivity contribution in [1.82, 2.24) is 10.4 Å². The molecule has 0 atom stereocenters. The first kappa shape index (κ1) is 12.9. The number of amides is 1. The molecule has 6 heteroatoms. The van der Waals surface area contributed by atoms with Gasteiger partial charge in [0.2, 0.25) is 0 Å². The summed E-state index contributed by atoms with van der Waals surface area (Å²) in [5.74, 6) is -0.369. The van der Waals surface area contributed by atoms with Gasteiger partial charge in [-0.25, -0.2) is 5.43 Å². The fraction of sp³-hybridized carbons (Fsp3) is 0. The van der Waals surface area contributed by atoms with Crippen molar-refractivity contribution < 1.29 is 9.52 Å². The van der Waals surface area contributed by atoms with Crippen LogP contribution in [0.4, 0.5) is 0 Å². The quantitative estimate of drug-likeness (QED) is 0.330. The number of hydrogen-bond donors (Lipinski definition) is 2. The number of pyridine rings is 1. The normalized spacial score (nSPS) is 11.0. The zero-order valence-corrected chi connectivity index (χ0v) is 11.0. The highest BCUT2D eigenvalue weighted by Gasteiger charge is 2.05. The Kier molecular flexibility index (Phi) is 3.34. The largest absolute Gasteiger partial charge is 0.619 e. The summed E-state index contributed by atoms with van der Waals surface area (Å²) in [5, 5.41) is 15.9. The van der Waals surface area contributed by atoms with Crippen molar-refractivity contribution in [2.75, 3.05) is 0 Å². The van der Waals surface area contributed by atoms with Crippen molar-refractivity contribution in [2.24, 2.45) is 5.10 Å². The van der Waals surface area contributed by atoms with Gasteiger partial charge >= 0.3 is 0 Å². The number of benzene rings is 1. The van der Waals surface area contributed by atoms with Crippen LogP contribution in [0.2, 0.25) is 0 Å². The number of aromatic nitrogens is 2. The second-order valence-electron chi connectivity index (χ2n) is 4.44. The Balaban J connectivity index is 1.72. The van der Waals surface area contributed by atoms with Crippen molar-refractivity contribution in [3.05, 3.63) is 71.3 Å². The Bertz CT molecular complexity index is 806. The van der Waals surface area contributed by atoms with Crippen LogP contribution in [-0.2, 0) is 0 Å². The summed E-state index contributed by atoms with van der Waals surface area (Å²) in [6.07, 6.45) is 5.92. The van der Waals surface area contributed by atoms with Crippen molar-refractivity contribution in [3.8, 4) is 0 Å². The fourth-order valence-electron chi connectivity index (χ4n) is 1.99. The Morgan fingerprint density at radius 2 is 2.00 bits per heavy atom. The van der Waals surface area contributed by atoms with Crippen LogP contribution in [0.25, 0.3) is 10.9 Å². The number of nitrogens with one attached hydrogen (secondary N) is 2. The topological polar surface area (TPSA) is 84.2 Å². The van der Waals surface area contributed by atoms with Gasteiger partial charge in [-0.2, -0.15) is 9.83 Å². The van der Waals surface area contributed by atoms with E-state index in [1.165, 1.54) is 24.5 Å². The number of H-pyrrole nitrogens is 1. The predicted molar refractivity (Wildman–Crippen MR) is 78.8 cm³/mol. The summed E-state index contributed by atoms with van der Waals surface area (Å²) in [6, 6.07) is 10.7. The molecule has 2 heterocycles. The molecule has 3 rings (SSSR count). The molecule has 0 aliphatic heterocycles. The number of aromatic amines is 1. The van der Waals surface area contributed by atoms with Gasteiger partial charge in [-0.3, -0.25) is 4.79 Å². The molecule has 3 aromatic rings. The summed E-state index contributed by atoms with van der Waals surface area (Å²) in [6.45, 7) is 0. The molecular weight excluding hydrogens is 268 g/mol. The fourth-order valence-corrected chi connectivity index (χ4v) is 1.99. The van der Waals surface area contributed by atoms with E-state index in [1.807, 2.05) is 30.5 Å². The van der Waals surface area contributed by atoms with Gasteiger partial charge in [-0.1, -0.05) is 18.2 Å². The molecule has 0 fully saturated rings. The van der Waals surface area contributed by atoms with Crippen LogP contribution >= 0.6 is 0 Å². The second kappa shape index (κ2) is 5.46. The van der Waals surface area contributed by atoms with Crippen molar-refractivity contribution in [1.29, 1.82) is 0 Å². The van der Waals surface area contributed by atoms with E-state index in [0.717, 1.165) is 16.5 Å². The van der Waals surface area contributed by atoms with Crippen molar-refractivity contribution in [2.45, 2.75) is 0 Å². The van der Waals surface area contributed by atoms with E-state index in [1.54, 1.807) is 6.21 Å². The highest BCUT2D eigenvalue weighted by Crippen LogP contribution is 2.15. The molecule has 0 bridgehead atoms. The molecule has 0 radical (unpaired) electrons. The zero-order chi connectivity index (χ0) is 14.7. The van der Waals surface area contributed by atoms with Crippen molar-refractivity contribution >= 4 is 23.0 Å². The average Bonchev–Trinajstić information content (AvgIpc) is 2.91. The molecule has 6 nitrogen and oxygen atoms in total. The Labute approximate surface area is 120 Å². The summed E-state index contributed by atoms with van der Waals surface area (Å²) < 4.78 is 0.617. The lowest BCUT2D eigenvalue weighted by atomic mass is 10.2. The van der Waals surface area contributed by atoms with E-state index >= 15 is 0 Å². The molecule has 2 aromatic heterocycles. The van der Waals surface area contributed by atoms with Crippen LogP contribution in [0.15, 0.2) is 60.1 Å². The average molecular weight is 280 g/mol. The van der Waals surface area contributed by atoms with E-state index < -0.39 is 0 Å². The van der Waals surface area contributed by atoms with E-state index in [4.69, 9.17) is 0 Å². The lowest BCUT2D eigenvalue weighted by molar-refractivity contribution is -0.605. The molecule has 104 valence electrons. The third kappa shape index (κ3) is 2.74. The lowest BCUT2D eigenvalue weighted by Crippen LogP contribution is -2.26. The summed E-state index contributed by atoms with van der Waals surface area (Å²) in [4.78, 5) is 14.9. The number of para-hydroxylation sites is 1. The summed E-state index contributed by atoms with van der Waals surface area (Å²) in [5.41, 5.74) is 4.69. The maximum Gasteiger partial charge on any atom is 0.271 e. The molecule has 21 heavy (non-hydrogen) atoms. The number of hydrazone groups is 1. The number of rotatable bonds is 3. The summed E-state index contributed by atoms with van der Waals surface area (Å²) in [7, 11) is 0. The number of carbonyl (C=O) groups is 1. The molecule has 0 saturated heterocycles. The first-order valence-electron chi connectivity index (χ1n) is 6.32. The van der Waals surface area contributed by atoms with Crippen LogP contribution in [0, 0.1) is 5.21 Å². The number of fused-ring (bicyclic) bond motifs is 1. The highest BCUT2D eigenvalue weighted by atomic mass is 16.5. The van der Waals surface area contributed by atoms with Gasteiger partial charge in [0.1, 0.15) is 0 Å². The Morgan fingerprint density at radius 1 is 1.24 bits per heavy atom. The summed E-state index contributed by atoms with van der Waals surface area (Å²) >= 11 is 0. The van der Waals surface area contributed by atoms with E-state index in [9.17, 15) is 10.0 Å². The van der Waals surface area contributed by atoms with Crippen LogP contribution in [0.5, 0.6) is 0 Å². The monoisotopic (exact) mass is 280 g/mol. The van der Waals surface area contributed by atoms with Crippen LogP contribution in [0.3, 0.4) is 0 Å². The molecule has 0 spiro atoms. The molecule has 2 N–H and O–H groups in total. The molecule has 1 amide bonds. The predicted octanol–water partition coefficient (Wildman–Crippen LogP) is 1.57. The lowest BCUT2D eigenvalue weighted by Gasteiger charge is -1.99. The molecular formula is C15H12N4O2. The third-order valence-corrected chi connectivity index (χ3v) is 3.06. The number of nitrogens with zero attached hydrogens (tertiary/aromatic N) is 2. The first-order valence-corrected chi connectivity index (χ1v) is 6.32. The van der Waals surface area contributed by atoms with Gasteiger partial charge in [0, 0.05) is 34.8 Å². The number of hydrogen-bond acceptors (Lipinski definition) is 3. The van der Waals surface area contributed by atoms with Gasteiger partial charge < -0.3 is 10.2 Å². The minimum atomic E-state index is -0.369. The minimum Gasteiger partial charge on any atom is -0.619 e. The SMILES string of the molecule is O=C(N/N=C\c1c[nH]c2ccccc12)c1cc[n+]([O-])cc1. The second-order valence-corrected chi connectivity index (χ2v) is 4.44. The van der Waals surface area contributed by atoms with Crippen LogP contribution < -0.4 is 10.2 Å². The van der Waals surface area contributed by atoms with Crippen LogP contribution in [-0.4, -0.2) is 17.1 Å². The number of carbonyl (C=O) groups excluding carboxylic acids is 1. The zero-order valence-electron chi connectivity index (χ0n) is 11.0. The van der Waals surface area contributed by atoms with Gasteiger partial charge in [-0.15, -0.1) is 0 Å². The van der Waals surface area contributed by atoms with Gasteiger partial charge in [0.15, 0.2) is 12.4 Å². The minimum absolute atomic E-state index is 0.369. The molecule has 0 saturated carbocycles. The van der Waals surface area contributed by atoms with Crippen molar-refractivity contribution in [3.63, 3.8) is 0 Å². The highest BCUT2D eigenvalue weighted by molar-refractivity contribution is 6.00. The molecule has 0 aliphatic rings. The molecule has 0 unspecified atom stereocenters. The standard InChI is InChI=1S/C15H12N4O2/c20-15(11-5-7-19(21)8-6-11)18-17-10-12-9-16-14-4-2-1-3-13(12)14/h1-10,16H,(H,18,20)/b17-10-. The Hall–Kier alpha value is -3.15. The van der Waals surface area contributed by atoms with Gasteiger partial charge in [0.25, 0.3) is 5.91 Å². The molecule has 0 aliphatic carbocycles. The van der Waals surface area contributed by atoms with E-state index in [2.05, 4.69) is 15.5 Å². The van der Waals surface area contributed by atoms with Gasteiger partial charge in [-0.05, 0) is 6.07 Å².